The molecule has 4 heteroatoms. The van der Waals surface area contributed by atoms with E-state index in [9.17, 15) is 9.59 Å². The molecule has 0 aromatic rings. The number of hydrogen-bond acceptors (Lipinski definition) is 4. The molecule has 0 N–H and O–H groups in total. The zero-order valence-corrected chi connectivity index (χ0v) is 6.99. The van der Waals surface area contributed by atoms with Gasteiger partial charge in [0, 0.05) is 12.8 Å². The fourth-order valence-corrected chi connectivity index (χ4v) is 1.23. The van der Waals surface area contributed by atoms with Crippen molar-refractivity contribution in [3.63, 3.8) is 0 Å². The minimum atomic E-state index is -0.621. The van der Waals surface area contributed by atoms with Crippen LogP contribution >= 0.6 is 0 Å². The van der Waals surface area contributed by atoms with Crippen molar-refractivity contribution < 1.29 is 19.1 Å². The molecule has 0 spiro atoms. The molecular formula is C8H12O4. The average molecular weight is 172 g/mol. The molecule has 1 heterocycles. The van der Waals surface area contributed by atoms with Crippen molar-refractivity contribution in [3.05, 3.63) is 0 Å². The molecular weight excluding hydrogens is 160 g/mol. The van der Waals surface area contributed by atoms with E-state index >= 15 is 0 Å². The SMILES string of the molecule is C[C@@H]1C[C@H](CCC=O)OC(=O)O1. The first kappa shape index (κ1) is 9.03. The lowest BCUT2D eigenvalue weighted by molar-refractivity contribution is -0.109. The van der Waals surface area contributed by atoms with Gasteiger partial charge in [-0.1, -0.05) is 0 Å². The summed E-state index contributed by atoms with van der Waals surface area (Å²) < 4.78 is 9.59. The Hall–Kier alpha value is -1.06. The molecule has 1 aliphatic rings. The molecule has 0 aliphatic carbocycles. The predicted molar refractivity (Wildman–Crippen MR) is 40.7 cm³/mol. The second kappa shape index (κ2) is 4.09. The van der Waals surface area contributed by atoms with Gasteiger partial charge in [0.2, 0.25) is 0 Å². The Morgan fingerprint density at radius 3 is 2.92 bits per heavy atom. The molecule has 2 atom stereocenters. The smallest absolute Gasteiger partial charge is 0.431 e. The summed E-state index contributed by atoms with van der Waals surface area (Å²) in [6.45, 7) is 1.81. The Balaban J connectivity index is 2.33. The van der Waals surface area contributed by atoms with Gasteiger partial charge in [0.1, 0.15) is 18.5 Å². The van der Waals surface area contributed by atoms with Gasteiger partial charge in [0.05, 0.1) is 0 Å². The first-order valence-corrected chi connectivity index (χ1v) is 4.03. The molecule has 0 amide bonds. The molecule has 0 bridgehead atoms. The number of ether oxygens (including phenoxy) is 2. The van der Waals surface area contributed by atoms with Crippen molar-refractivity contribution >= 4 is 12.4 Å². The van der Waals surface area contributed by atoms with E-state index in [1.807, 2.05) is 6.92 Å². The Labute approximate surface area is 70.8 Å². The maximum Gasteiger partial charge on any atom is 0.508 e. The highest BCUT2D eigenvalue weighted by Crippen LogP contribution is 2.17. The molecule has 0 unspecified atom stereocenters. The molecule has 0 aromatic heterocycles. The fourth-order valence-electron chi connectivity index (χ4n) is 1.23. The Bertz CT molecular complexity index is 178. The summed E-state index contributed by atoms with van der Waals surface area (Å²) in [6, 6.07) is 0. The highest BCUT2D eigenvalue weighted by Gasteiger charge is 2.26. The second-order valence-electron chi connectivity index (χ2n) is 2.90. The molecule has 1 aliphatic heterocycles. The third kappa shape index (κ3) is 2.53. The lowest BCUT2D eigenvalue weighted by Crippen LogP contribution is -2.32. The number of carbonyl (C=O) groups excluding carboxylic acids is 2. The molecule has 4 nitrogen and oxygen atoms in total. The summed E-state index contributed by atoms with van der Waals surface area (Å²) in [5.41, 5.74) is 0. The van der Waals surface area contributed by atoms with Gasteiger partial charge in [-0.15, -0.1) is 0 Å². The van der Waals surface area contributed by atoms with Crippen LogP contribution in [0, 0.1) is 0 Å². The normalized spacial score (nSPS) is 28.9. The van der Waals surface area contributed by atoms with E-state index in [4.69, 9.17) is 9.47 Å². The number of rotatable bonds is 3. The summed E-state index contributed by atoms with van der Waals surface area (Å²) in [7, 11) is 0. The van der Waals surface area contributed by atoms with Crippen molar-refractivity contribution in [2.24, 2.45) is 0 Å². The van der Waals surface area contributed by atoms with Crippen molar-refractivity contribution in [1.82, 2.24) is 0 Å². The van der Waals surface area contributed by atoms with E-state index in [1.54, 1.807) is 0 Å². The lowest BCUT2D eigenvalue weighted by Gasteiger charge is -2.26. The fraction of sp³-hybridized carbons (Fsp3) is 0.750. The van der Waals surface area contributed by atoms with E-state index in [0.29, 0.717) is 19.3 Å². The van der Waals surface area contributed by atoms with E-state index in [-0.39, 0.29) is 12.2 Å². The summed E-state index contributed by atoms with van der Waals surface area (Å²) in [5, 5.41) is 0. The topological polar surface area (TPSA) is 52.6 Å². The predicted octanol–water partition coefficient (Wildman–Crippen LogP) is 1.28. The van der Waals surface area contributed by atoms with Gasteiger partial charge in [-0.05, 0) is 13.3 Å². The summed E-state index contributed by atoms with van der Waals surface area (Å²) in [4.78, 5) is 20.8. The Morgan fingerprint density at radius 1 is 1.58 bits per heavy atom. The molecule has 1 saturated heterocycles. The van der Waals surface area contributed by atoms with Crippen LogP contribution in [-0.4, -0.2) is 24.6 Å². The van der Waals surface area contributed by atoms with Crippen LogP contribution in [-0.2, 0) is 14.3 Å². The van der Waals surface area contributed by atoms with Gasteiger partial charge >= 0.3 is 6.16 Å². The van der Waals surface area contributed by atoms with Crippen LogP contribution < -0.4 is 0 Å². The highest BCUT2D eigenvalue weighted by molar-refractivity contribution is 5.61. The molecule has 68 valence electrons. The first-order valence-electron chi connectivity index (χ1n) is 4.03. The minimum absolute atomic E-state index is 0.0945. The lowest BCUT2D eigenvalue weighted by atomic mass is 10.1. The molecule has 12 heavy (non-hydrogen) atoms. The van der Waals surface area contributed by atoms with Gasteiger partial charge in [-0.25, -0.2) is 4.79 Å². The van der Waals surface area contributed by atoms with Crippen molar-refractivity contribution in [2.75, 3.05) is 0 Å². The van der Waals surface area contributed by atoms with Crippen molar-refractivity contribution in [3.8, 4) is 0 Å². The second-order valence-corrected chi connectivity index (χ2v) is 2.90. The quantitative estimate of drug-likeness (QED) is 0.475. The number of hydrogen-bond donors (Lipinski definition) is 0. The Kier molecular flexibility index (Phi) is 3.08. The van der Waals surface area contributed by atoms with Gasteiger partial charge in [0.25, 0.3) is 0 Å². The zero-order chi connectivity index (χ0) is 8.97. The summed E-state index contributed by atoms with van der Waals surface area (Å²) >= 11 is 0. The van der Waals surface area contributed by atoms with Crippen LogP contribution in [0.15, 0.2) is 0 Å². The summed E-state index contributed by atoms with van der Waals surface area (Å²) in [5.74, 6) is 0. The maximum atomic E-state index is 10.7. The Morgan fingerprint density at radius 2 is 2.33 bits per heavy atom. The number of aldehydes is 1. The van der Waals surface area contributed by atoms with Crippen molar-refractivity contribution in [2.45, 2.75) is 38.4 Å². The minimum Gasteiger partial charge on any atom is -0.431 e. The van der Waals surface area contributed by atoms with Crippen LogP contribution in [0.5, 0.6) is 0 Å². The zero-order valence-electron chi connectivity index (χ0n) is 6.99. The van der Waals surface area contributed by atoms with Crippen LogP contribution in [0.4, 0.5) is 4.79 Å². The maximum absolute atomic E-state index is 10.7. The standard InChI is InChI=1S/C8H12O4/c1-6-5-7(3-2-4-9)12-8(10)11-6/h4,6-7H,2-3,5H2,1H3/t6-,7+/m1/s1. The van der Waals surface area contributed by atoms with Gasteiger partial charge in [-0.2, -0.15) is 0 Å². The molecule has 1 fully saturated rings. The van der Waals surface area contributed by atoms with Crippen LogP contribution in [0.2, 0.25) is 0 Å². The first-order chi connectivity index (χ1) is 5.72. The monoisotopic (exact) mass is 172 g/mol. The van der Waals surface area contributed by atoms with E-state index in [2.05, 4.69) is 0 Å². The average Bonchev–Trinajstić information content (AvgIpc) is 1.99. The summed E-state index contributed by atoms with van der Waals surface area (Å²) in [6.07, 6.45) is 1.68. The van der Waals surface area contributed by atoms with Crippen molar-refractivity contribution in [1.29, 1.82) is 0 Å². The molecule has 0 saturated carbocycles. The molecule has 1 rings (SSSR count). The third-order valence-corrected chi connectivity index (χ3v) is 1.76. The van der Waals surface area contributed by atoms with E-state index in [1.165, 1.54) is 0 Å². The van der Waals surface area contributed by atoms with Crippen LogP contribution in [0.1, 0.15) is 26.2 Å². The van der Waals surface area contributed by atoms with Gasteiger partial charge < -0.3 is 14.3 Å². The molecule has 0 radical (unpaired) electrons. The van der Waals surface area contributed by atoms with Gasteiger partial charge in [0.15, 0.2) is 0 Å². The third-order valence-electron chi connectivity index (χ3n) is 1.76. The highest BCUT2D eigenvalue weighted by atomic mass is 16.7. The van der Waals surface area contributed by atoms with Crippen LogP contribution in [0.25, 0.3) is 0 Å². The largest absolute Gasteiger partial charge is 0.508 e. The molecule has 0 aromatic carbocycles. The van der Waals surface area contributed by atoms with Crippen LogP contribution in [0.3, 0.4) is 0 Å². The van der Waals surface area contributed by atoms with E-state index in [0.717, 1.165) is 6.29 Å². The number of carbonyl (C=O) groups is 2. The van der Waals surface area contributed by atoms with Gasteiger partial charge in [-0.3, -0.25) is 0 Å². The van der Waals surface area contributed by atoms with E-state index < -0.39 is 6.16 Å². The number of cyclic esters (lactones) is 2.